The summed E-state index contributed by atoms with van der Waals surface area (Å²) in [5.41, 5.74) is 1.17. The van der Waals surface area contributed by atoms with Crippen molar-refractivity contribution in [3.05, 3.63) is 53.3 Å². The van der Waals surface area contributed by atoms with Gasteiger partial charge < -0.3 is 9.84 Å². The van der Waals surface area contributed by atoms with Crippen LogP contribution in [0.3, 0.4) is 0 Å². The molecule has 0 aliphatic carbocycles. The van der Waals surface area contributed by atoms with E-state index in [1.54, 1.807) is 17.4 Å². The number of thiazole rings is 1. The Morgan fingerprint density at radius 1 is 1.17 bits per heavy atom. The Morgan fingerprint density at radius 3 is 2.74 bits per heavy atom. The van der Waals surface area contributed by atoms with Crippen LogP contribution in [0.25, 0.3) is 10.2 Å². The normalized spacial score (nSPS) is 20.7. The van der Waals surface area contributed by atoms with Crippen LogP contribution in [0.4, 0.5) is 10.1 Å². The van der Waals surface area contributed by atoms with Crippen molar-refractivity contribution in [2.75, 3.05) is 44.2 Å². The Labute approximate surface area is 206 Å². The molecule has 2 aliphatic rings. The van der Waals surface area contributed by atoms with Gasteiger partial charge >= 0.3 is 0 Å². The highest BCUT2D eigenvalue weighted by Crippen LogP contribution is 2.27. The number of aryl methyl sites for hydroxylation is 1. The number of carbonyl (C=O) groups excluding carboxylic acids is 2. The van der Waals surface area contributed by atoms with Crippen molar-refractivity contribution in [2.45, 2.75) is 25.5 Å². The molecule has 184 valence electrons. The molecule has 2 saturated heterocycles. The average Bonchev–Trinajstić information content (AvgIpc) is 3.35. The summed E-state index contributed by atoms with van der Waals surface area (Å²) < 4.78 is 20.5. The molecule has 2 aliphatic heterocycles. The largest absolute Gasteiger partial charge is 0.491 e. The zero-order valence-electron chi connectivity index (χ0n) is 19.4. The molecule has 2 atom stereocenters. The van der Waals surface area contributed by atoms with Gasteiger partial charge in [-0.05, 0) is 37.3 Å². The number of imide groups is 1. The SMILES string of the molecule is Cc1nc2cc(OCC(O)CN3CCN(C4CC(=O)N(c5cccc(F)c5)C4=O)CC3)ccc2s1. The first-order valence-electron chi connectivity index (χ1n) is 11.6. The predicted molar refractivity (Wildman–Crippen MR) is 131 cm³/mol. The van der Waals surface area contributed by atoms with E-state index in [0.717, 1.165) is 20.1 Å². The molecule has 2 fully saturated rings. The van der Waals surface area contributed by atoms with E-state index in [0.29, 0.717) is 38.5 Å². The maximum absolute atomic E-state index is 13.6. The third-order valence-corrected chi connectivity index (χ3v) is 7.37. The standard InChI is InChI=1S/C25H27FN4O4S/c1-16-27-21-12-20(5-6-23(21)35-16)34-15-19(31)14-28-7-9-29(10-8-28)22-13-24(32)30(25(22)33)18-4-2-3-17(26)11-18/h2-6,11-12,19,22,31H,7-10,13-15H2,1H3. The maximum Gasteiger partial charge on any atom is 0.251 e. The van der Waals surface area contributed by atoms with Crippen LogP contribution in [0.1, 0.15) is 11.4 Å². The van der Waals surface area contributed by atoms with E-state index in [-0.39, 0.29) is 30.5 Å². The first kappa shape index (κ1) is 23.8. The van der Waals surface area contributed by atoms with Crippen LogP contribution in [0.15, 0.2) is 42.5 Å². The van der Waals surface area contributed by atoms with Gasteiger partial charge in [0.15, 0.2) is 0 Å². The second-order valence-corrected chi connectivity index (χ2v) is 10.2. The number of ether oxygens (including phenoxy) is 1. The van der Waals surface area contributed by atoms with Crippen molar-refractivity contribution < 1.29 is 23.8 Å². The fraction of sp³-hybridized carbons (Fsp3) is 0.400. The molecular formula is C25H27FN4O4S. The lowest BCUT2D eigenvalue weighted by Gasteiger charge is -2.37. The average molecular weight is 499 g/mol. The number of aliphatic hydroxyl groups is 1. The maximum atomic E-state index is 13.6. The van der Waals surface area contributed by atoms with Gasteiger partial charge in [0.2, 0.25) is 5.91 Å². The third-order valence-electron chi connectivity index (χ3n) is 6.41. The lowest BCUT2D eigenvalue weighted by atomic mass is 10.1. The molecule has 8 nitrogen and oxygen atoms in total. The quantitative estimate of drug-likeness (QED) is 0.501. The second kappa shape index (κ2) is 9.98. The fourth-order valence-electron chi connectivity index (χ4n) is 4.70. The van der Waals surface area contributed by atoms with Gasteiger partial charge in [0.25, 0.3) is 5.91 Å². The number of piperazine rings is 1. The van der Waals surface area contributed by atoms with E-state index < -0.39 is 18.0 Å². The minimum Gasteiger partial charge on any atom is -0.491 e. The molecule has 3 heterocycles. The fourth-order valence-corrected chi connectivity index (χ4v) is 5.51. The highest BCUT2D eigenvalue weighted by Gasteiger charge is 2.43. The van der Waals surface area contributed by atoms with E-state index in [1.165, 1.54) is 18.2 Å². The zero-order chi connectivity index (χ0) is 24.5. The molecule has 0 radical (unpaired) electrons. The van der Waals surface area contributed by atoms with Crippen LogP contribution in [0, 0.1) is 12.7 Å². The van der Waals surface area contributed by atoms with Gasteiger partial charge in [0.05, 0.1) is 33.4 Å². The molecule has 35 heavy (non-hydrogen) atoms. The molecule has 1 aromatic heterocycles. The minimum absolute atomic E-state index is 0.0919. The summed E-state index contributed by atoms with van der Waals surface area (Å²) in [4.78, 5) is 35.2. The number of benzene rings is 2. The van der Waals surface area contributed by atoms with Crippen LogP contribution in [-0.4, -0.2) is 83.2 Å². The molecular weight excluding hydrogens is 471 g/mol. The Hall–Kier alpha value is -2.92. The summed E-state index contributed by atoms with van der Waals surface area (Å²) in [6, 6.07) is 10.8. The van der Waals surface area contributed by atoms with Gasteiger partial charge in [0.1, 0.15) is 24.3 Å². The van der Waals surface area contributed by atoms with Crippen LogP contribution in [0.2, 0.25) is 0 Å². The van der Waals surface area contributed by atoms with Gasteiger partial charge in [-0.15, -0.1) is 11.3 Å². The highest BCUT2D eigenvalue weighted by atomic mass is 32.1. The first-order chi connectivity index (χ1) is 16.9. The Bertz CT molecular complexity index is 1240. The van der Waals surface area contributed by atoms with Gasteiger partial charge in [-0.3, -0.25) is 19.4 Å². The molecule has 10 heteroatoms. The van der Waals surface area contributed by atoms with E-state index in [1.807, 2.05) is 30.0 Å². The van der Waals surface area contributed by atoms with Crippen molar-refractivity contribution >= 4 is 39.1 Å². The number of rotatable bonds is 7. The van der Waals surface area contributed by atoms with Crippen LogP contribution < -0.4 is 9.64 Å². The smallest absolute Gasteiger partial charge is 0.251 e. The molecule has 2 aromatic carbocycles. The van der Waals surface area contributed by atoms with E-state index in [9.17, 15) is 19.1 Å². The number of aromatic nitrogens is 1. The number of hydrogen-bond acceptors (Lipinski definition) is 8. The van der Waals surface area contributed by atoms with Crippen LogP contribution in [0.5, 0.6) is 5.75 Å². The topological polar surface area (TPSA) is 86.2 Å². The number of halogens is 1. The van der Waals surface area contributed by atoms with Crippen LogP contribution >= 0.6 is 11.3 Å². The van der Waals surface area contributed by atoms with Crippen molar-refractivity contribution in [3.63, 3.8) is 0 Å². The molecule has 5 rings (SSSR count). The van der Waals surface area contributed by atoms with Crippen molar-refractivity contribution in [3.8, 4) is 5.75 Å². The van der Waals surface area contributed by atoms with Gasteiger partial charge in [-0.1, -0.05) is 6.07 Å². The summed E-state index contributed by atoms with van der Waals surface area (Å²) >= 11 is 1.63. The van der Waals surface area contributed by atoms with E-state index in [2.05, 4.69) is 9.88 Å². The Morgan fingerprint density at radius 2 is 1.97 bits per heavy atom. The molecule has 3 aromatic rings. The third kappa shape index (κ3) is 5.20. The Kier molecular flexibility index (Phi) is 6.79. The molecule has 2 amide bonds. The number of aliphatic hydroxyl groups excluding tert-OH is 1. The number of nitrogens with zero attached hydrogens (tertiary/aromatic N) is 4. The predicted octanol–water partition coefficient (Wildman–Crippen LogP) is 2.43. The molecule has 0 bridgehead atoms. The van der Waals surface area contributed by atoms with Crippen LogP contribution in [-0.2, 0) is 9.59 Å². The number of carbonyl (C=O) groups is 2. The lowest BCUT2D eigenvalue weighted by molar-refractivity contribution is -0.123. The van der Waals surface area contributed by atoms with Crippen molar-refractivity contribution in [2.24, 2.45) is 0 Å². The summed E-state index contributed by atoms with van der Waals surface area (Å²) in [5.74, 6) is -0.429. The molecule has 0 spiro atoms. The number of hydrogen-bond donors (Lipinski definition) is 1. The highest BCUT2D eigenvalue weighted by molar-refractivity contribution is 7.18. The van der Waals surface area contributed by atoms with Gasteiger partial charge in [-0.25, -0.2) is 14.3 Å². The number of anilines is 1. The molecule has 0 saturated carbocycles. The number of amides is 2. The molecule has 1 N–H and O–H groups in total. The summed E-state index contributed by atoms with van der Waals surface area (Å²) in [6.07, 6.45) is -0.568. The summed E-state index contributed by atoms with van der Waals surface area (Å²) in [6.45, 7) is 5.14. The lowest BCUT2D eigenvalue weighted by Crippen LogP contribution is -2.54. The monoisotopic (exact) mass is 498 g/mol. The van der Waals surface area contributed by atoms with Gasteiger partial charge in [0, 0.05) is 38.8 Å². The summed E-state index contributed by atoms with van der Waals surface area (Å²) in [7, 11) is 0. The zero-order valence-corrected chi connectivity index (χ0v) is 20.2. The van der Waals surface area contributed by atoms with Gasteiger partial charge in [-0.2, -0.15) is 0 Å². The van der Waals surface area contributed by atoms with E-state index >= 15 is 0 Å². The minimum atomic E-state index is -0.660. The molecule has 2 unspecified atom stereocenters. The second-order valence-electron chi connectivity index (χ2n) is 8.93. The number of β-amino-alcohol motifs (C(OH)–C–C–N with tert-alkyl or cyclic N) is 1. The van der Waals surface area contributed by atoms with Crippen molar-refractivity contribution in [1.82, 2.24) is 14.8 Å². The Balaban J connectivity index is 1.10. The number of fused-ring (bicyclic) bond motifs is 1. The summed E-state index contributed by atoms with van der Waals surface area (Å²) in [5, 5.41) is 11.5. The first-order valence-corrected chi connectivity index (χ1v) is 12.5. The van der Waals surface area contributed by atoms with Crippen molar-refractivity contribution in [1.29, 1.82) is 0 Å². The van der Waals surface area contributed by atoms with E-state index in [4.69, 9.17) is 4.74 Å².